The number of ether oxygens (including phenoxy) is 1. The van der Waals surface area contributed by atoms with Crippen molar-refractivity contribution in [2.45, 2.75) is 19.6 Å². The Bertz CT molecular complexity index is 617. The number of hydrogen-bond donors (Lipinski definition) is 1. The maximum Gasteiger partial charge on any atom is 0.131 e. The van der Waals surface area contributed by atoms with Gasteiger partial charge in [0.2, 0.25) is 0 Å². The summed E-state index contributed by atoms with van der Waals surface area (Å²) in [5, 5.41) is 0. The fraction of sp³-hybridized carbons (Fsp3) is 0.200. The molecule has 2 aromatic carbocycles. The van der Waals surface area contributed by atoms with Crippen LogP contribution in [-0.2, 0) is 6.61 Å². The fourth-order valence-corrected chi connectivity index (χ4v) is 2.19. The van der Waals surface area contributed by atoms with Crippen molar-refractivity contribution in [2.75, 3.05) is 0 Å². The van der Waals surface area contributed by atoms with E-state index in [1.807, 2.05) is 0 Å². The summed E-state index contributed by atoms with van der Waals surface area (Å²) in [6.07, 6.45) is 0. The first-order chi connectivity index (χ1) is 9.47. The molecule has 0 heterocycles. The lowest BCUT2D eigenvalue weighted by molar-refractivity contribution is 0.298. The first-order valence-electron chi connectivity index (χ1n) is 6.09. The number of rotatable bonds is 4. The Morgan fingerprint density at radius 1 is 1.15 bits per heavy atom. The molecular formula is C15H14BrF2NO. The van der Waals surface area contributed by atoms with Gasteiger partial charge in [0.15, 0.2) is 0 Å². The number of nitrogens with two attached hydrogens (primary N) is 1. The van der Waals surface area contributed by atoms with Crippen LogP contribution in [0.2, 0.25) is 0 Å². The first kappa shape index (κ1) is 14.9. The predicted molar refractivity (Wildman–Crippen MR) is 77.4 cm³/mol. The molecule has 0 radical (unpaired) electrons. The van der Waals surface area contributed by atoms with Crippen molar-refractivity contribution >= 4 is 15.9 Å². The molecule has 2 nitrogen and oxygen atoms in total. The molecule has 0 spiro atoms. The van der Waals surface area contributed by atoms with E-state index >= 15 is 0 Å². The zero-order chi connectivity index (χ0) is 14.7. The molecule has 20 heavy (non-hydrogen) atoms. The molecule has 0 fully saturated rings. The molecule has 2 rings (SSSR count). The second kappa shape index (κ2) is 6.33. The molecule has 5 heteroatoms. The van der Waals surface area contributed by atoms with E-state index < -0.39 is 5.82 Å². The summed E-state index contributed by atoms with van der Waals surface area (Å²) in [6.45, 7) is 1.73. The van der Waals surface area contributed by atoms with Gasteiger partial charge in [0.25, 0.3) is 0 Å². The minimum atomic E-state index is -0.424. The third kappa shape index (κ3) is 3.55. The van der Waals surface area contributed by atoms with Gasteiger partial charge in [-0.15, -0.1) is 0 Å². The molecule has 0 aliphatic heterocycles. The summed E-state index contributed by atoms with van der Waals surface area (Å²) in [5.41, 5.74) is 6.45. The Morgan fingerprint density at radius 3 is 2.55 bits per heavy atom. The van der Waals surface area contributed by atoms with E-state index in [4.69, 9.17) is 10.5 Å². The normalized spacial score (nSPS) is 12.2. The van der Waals surface area contributed by atoms with Gasteiger partial charge in [-0.3, -0.25) is 0 Å². The average molecular weight is 342 g/mol. The lowest BCUT2D eigenvalue weighted by Crippen LogP contribution is -2.07. The molecule has 1 unspecified atom stereocenters. The highest BCUT2D eigenvalue weighted by molar-refractivity contribution is 9.10. The molecule has 2 aromatic rings. The van der Waals surface area contributed by atoms with Gasteiger partial charge in [-0.25, -0.2) is 8.78 Å². The van der Waals surface area contributed by atoms with Gasteiger partial charge in [0.05, 0.1) is 0 Å². The van der Waals surface area contributed by atoms with Gasteiger partial charge in [0.1, 0.15) is 24.0 Å². The van der Waals surface area contributed by atoms with Crippen LogP contribution in [0.15, 0.2) is 40.9 Å². The number of hydrogen-bond acceptors (Lipinski definition) is 2. The average Bonchev–Trinajstić information content (AvgIpc) is 2.39. The summed E-state index contributed by atoms with van der Waals surface area (Å²) < 4.78 is 33.4. The van der Waals surface area contributed by atoms with Crippen LogP contribution in [0, 0.1) is 11.6 Å². The molecule has 0 aliphatic carbocycles. The lowest BCUT2D eigenvalue weighted by atomic mass is 10.1. The largest absolute Gasteiger partial charge is 0.489 e. The van der Waals surface area contributed by atoms with Crippen LogP contribution in [0.3, 0.4) is 0 Å². The van der Waals surface area contributed by atoms with Gasteiger partial charge in [-0.1, -0.05) is 22.0 Å². The molecular weight excluding hydrogens is 328 g/mol. The molecule has 2 N–H and O–H groups in total. The van der Waals surface area contributed by atoms with E-state index in [1.165, 1.54) is 12.1 Å². The lowest BCUT2D eigenvalue weighted by Gasteiger charge is -2.11. The smallest absolute Gasteiger partial charge is 0.131 e. The van der Waals surface area contributed by atoms with Gasteiger partial charge in [0, 0.05) is 27.7 Å². The van der Waals surface area contributed by atoms with Crippen molar-refractivity contribution in [1.82, 2.24) is 0 Å². The second-order valence-electron chi connectivity index (χ2n) is 4.50. The van der Waals surface area contributed by atoms with Gasteiger partial charge in [-0.2, -0.15) is 0 Å². The van der Waals surface area contributed by atoms with Crippen molar-refractivity contribution in [2.24, 2.45) is 5.73 Å². The van der Waals surface area contributed by atoms with Crippen molar-refractivity contribution in [3.8, 4) is 5.75 Å². The molecule has 106 valence electrons. The van der Waals surface area contributed by atoms with Crippen LogP contribution >= 0.6 is 15.9 Å². The topological polar surface area (TPSA) is 35.2 Å². The first-order valence-corrected chi connectivity index (χ1v) is 6.88. The quantitative estimate of drug-likeness (QED) is 0.898. The Kier molecular flexibility index (Phi) is 4.73. The molecule has 0 aliphatic rings. The Balaban J connectivity index is 2.11. The van der Waals surface area contributed by atoms with Crippen molar-refractivity contribution in [3.05, 3.63) is 63.6 Å². The van der Waals surface area contributed by atoms with Crippen LogP contribution < -0.4 is 10.5 Å². The molecule has 0 saturated heterocycles. The van der Waals surface area contributed by atoms with E-state index in [2.05, 4.69) is 15.9 Å². The van der Waals surface area contributed by atoms with Crippen LogP contribution in [0.1, 0.15) is 24.1 Å². The van der Waals surface area contributed by atoms with E-state index in [1.54, 1.807) is 31.2 Å². The highest BCUT2D eigenvalue weighted by Gasteiger charge is 2.09. The van der Waals surface area contributed by atoms with E-state index in [9.17, 15) is 8.78 Å². The SMILES string of the molecule is CC(N)c1ccc(OCc2cc(Br)ccc2F)cc1F. The second-order valence-corrected chi connectivity index (χ2v) is 5.41. The maximum absolute atomic E-state index is 13.7. The third-order valence-electron chi connectivity index (χ3n) is 2.86. The van der Waals surface area contributed by atoms with Crippen LogP contribution in [-0.4, -0.2) is 0 Å². The van der Waals surface area contributed by atoms with E-state index in [-0.39, 0.29) is 18.5 Å². The zero-order valence-corrected chi connectivity index (χ0v) is 12.5. The highest BCUT2D eigenvalue weighted by Crippen LogP contribution is 2.22. The van der Waals surface area contributed by atoms with Crippen molar-refractivity contribution in [3.63, 3.8) is 0 Å². The molecule has 0 aromatic heterocycles. The molecule has 1 atom stereocenters. The van der Waals surface area contributed by atoms with Crippen molar-refractivity contribution < 1.29 is 13.5 Å². The fourth-order valence-electron chi connectivity index (χ4n) is 1.78. The van der Waals surface area contributed by atoms with Crippen LogP contribution in [0.4, 0.5) is 8.78 Å². The molecule has 0 amide bonds. The summed E-state index contributed by atoms with van der Waals surface area (Å²) in [4.78, 5) is 0. The summed E-state index contributed by atoms with van der Waals surface area (Å²) in [7, 11) is 0. The summed E-state index contributed by atoms with van der Waals surface area (Å²) in [6, 6.07) is 8.66. The van der Waals surface area contributed by atoms with E-state index in [0.717, 1.165) is 4.47 Å². The summed E-state index contributed by atoms with van der Waals surface area (Å²) >= 11 is 3.26. The van der Waals surface area contributed by atoms with E-state index in [0.29, 0.717) is 16.9 Å². The standard InChI is InChI=1S/C15H14BrF2NO/c1-9(19)13-4-3-12(7-15(13)18)20-8-10-6-11(16)2-5-14(10)17/h2-7,9H,8,19H2,1H3. The monoisotopic (exact) mass is 341 g/mol. The number of halogens is 3. The zero-order valence-electron chi connectivity index (χ0n) is 10.9. The minimum absolute atomic E-state index is 0.0300. The molecule has 0 bridgehead atoms. The summed E-state index contributed by atoms with van der Waals surface area (Å²) in [5.74, 6) is -0.445. The van der Waals surface area contributed by atoms with Crippen molar-refractivity contribution in [1.29, 1.82) is 0 Å². The van der Waals surface area contributed by atoms with Gasteiger partial charge in [-0.05, 0) is 31.2 Å². The van der Waals surface area contributed by atoms with Gasteiger partial charge < -0.3 is 10.5 Å². The Labute approximate surface area is 124 Å². The van der Waals surface area contributed by atoms with Crippen LogP contribution in [0.25, 0.3) is 0 Å². The number of benzene rings is 2. The highest BCUT2D eigenvalue weighted by atomic mass is 79.9. The maximum atomic E-state index is 13.7. The predicted octanol–water partition coefficient (Wildman–Crippen LogP) is 4.33. The molecule has 0 saturated carbocycles. The minimum Gasteiger partial charge on any atom is -0.489 e. The van der Waals surface area contributed by atoms with Crippen LogP contribution in [0.5, 0.6) is 5.75 Å². The third-order valence-corrected chi connectivity index (χ3v) is 3.36. The Hall–Kier alpha value is -1.46. The van der Waals surface area contributed by atoms with Gasteiger partial charge >= 0.3 is 0 Å². The Morgan fingerprint density at radius 2 is 1.90 bits per heavy atom.